The maximum Gasteiger partial charge on any atom is 0.315 e. The molecule has 0 saturated carbocycles. The summed E-state index contributed by atoms with van der Waals surface area (Å²) in [5.41, 5.74) is 0. The second-order valence-corrected chi connectivity index (χ2v) is 6.17. The highest BCUT2D eigenvalue weighted by Crippen LogP contribution is 2.26. The molecule has 0 aromatic heterocycles. The number of esters is 1. The molecule has 1 atom stereocenters. The monoisotopic (exact) mass is 339 g/mol. The van der Waals surface area contributed by atoms with E-state index in [2.05, 4.69) is 0 Å². The molecule has 2 rings (SSSR count). The first-order chi connectivity index (χ1) is 11.1. The van der Waals surface area contributed by atoms with Crippen molar-refractivity contribution in [3.8, 4) is 11.5 Å². The van der Waals surface area contributed by atoms with E-state index < -0.39 is 5.97 Å². The van der Waals surface area contributed by atoms with Crippen molar-refractivity contribution in [3.63, 3.8) is 0 Å². The summed E-state index contributed by atoms with van der Waals surface area (Å²) >= 11 is 1.65. The van der Waals surface area contributed by atoms with E-state index in [9.17, 15) is 9.59 Å². The number of ether oxygens (including phenoxy) is 3. The molecule has 0 spiro atoms. The number of benzene rings is 1. The van der Waals surface area contributed by atoms with Gasteiger partial charge in [-0.1, -0.05) is 0 Å². The third kappa shape index (κ3) is 5.06. The number of rotatable bonds is 7. The lowest BCUT2D eigenvalue weighted by molar-refractivity contribution is -0.148. The Bertz CT molecular complexity index is 534. The van der Waals surface area contributed by atoms with Gasteiger partial charge in [0.2, 0.25) is 5.91 Å². The summed E-state index contributed by atoms with van der Waals surface area (Å²) in [4.78, 5) is 25.3. The summed E-state index contributed by atoms with van der Waals surface area (Å²) in [5, 5.41) is -0.0842. The molecular weight excluding hydrogens is 318 g/mol. The van der Waals surface area contributed by atoms with Gasteiger partial charge in [0.15, 0.2) is 0 Å². The van der Waals surface area contributed by atoms with E-state index in [1.807, 2.05) is 24.3 Å². The fourth-order valence-corrected chi connectivity index (χ4v) is 3.36. The lowest BCUT2D eigenvalue weighted by Crippen LogP contribution is -2.39. The lowest BCUT2D eigenvalue weighted by atomic mass is 10.3. The van der Waals surface area contributed by atoms with E-state index in [4.69, 9.17) is 14.2 Å². The van der Waals surface area contributed by atoms with Gasteiger partial charge in [0.25, 0.3) is 0 Å². The van der Waals surface area contributed by atoms with E-state index >= 15 is 0 Å². The van der Waals surface area contributed by atoms with E-state index in [0.717, 1.165) is 17.3 Å². The number of amides is 1. The standard InChI is InChI=1S/C16H21NO5S/c1-3-21-16(19)10-14(18)17-8-9-23-15(17)11-22-13-6-4-12(20-2)5-7-13/h4-7,15H,3,8-11H2,1-2H3. The van der Waals surface area contributed by atoms with Gasteiger partial charge >= 0.3 is 5.97 Å². The molecule has 1 fully saturated rings. The van der Waals surface area contributed by atoms with Crippen molar-refractivity contribution in [1.29, 1.82) is 0 Å². The molecule has 0 aliphatic carbocycles. The zero-order chi connectivity index (χ0) is 16.7. The van der Waals surface area contributed by atoms with Gasteiger partial charge in [0.1, 0.15) is 29.9 Å². The Kier molecular flexibility index (Phi) is 6.58. The van der Waals surface area contributed by atoms with Gasteiger partial charge in [-0.15, -0.1) is 11.8 Å². The minimum absolute atomic E-state index is 0.0842. The number of methoxy groups -OCH3 is 1. The first kappa shape index (κ1) is 17.5. The maximum absolute atomic E-state index is 12.2. The van der Waals surface area contributed by atoms with Gasteiger partial charge in [0.05, 0.1) is 13.7 Å². The zero-order valence-corrected chi connectivity index (χ0v) is 14.1. The third-order valence-electron chi connectivity index (χ3n) is 3.36. The molecule has 1 saturated heterocycles. The van der Waals surface area contributed by atoms with Crippen LogP contribution in [0.25, 0.3) is 0 Å². The zero-order valence-electron chi connectivity index (χ0n) is 13.3. The molecule has 1 aromatic carbocycles. The van der Waals surface area contributed by atoms with Crippen LogP contribution in [0.2, 0.25) is 0 Å². The quantitative estimate of drug-likeness (QED) is 0.559. The molecular formula is C16H21NO5S. The van der Waals surface area contributed by atoms with Crippen LogP contribution in [-0.4, -0.2) is 54.8 Å². The highest BCUT2D eigenvalue weighted by atomic mass is 32.2. The number of carbonyl (C=O) groups excluding carboxylic acids is 2. The predicted molar refractivity (Wildman–Crippen MR) is 87.7 cm³/mol. The first-order valence-corrected chi connectivity index (χ1v) is 8.52. The summed E-state index contributed by atoms with van der Waals surface area (Å²) < 4.78 is 15.7. The van der Waals surface area contributed by atoms with Crippen LogP contribution in [0.1, 0.15) is 13.3 Å². The fraction of sp³-hybridized carbons (Fsp3) is 0.500. The molecule has 1 unspecified atom stereocenters. The molecule has 7 heteroatoms. The second kappa shape index (κ2) is 8.67. The highest BCUT2D eigenvalue weighted by molar-refractivity contribution is 8.00. The maximum atomic E-state index is 12.2. The average Bonchev–Trinajstić information content (AvgIpc) is 3.02. The summed E-state index contributed by atoms with van der Waals surface area (Å²) in [5.74, 6) is 1.63. The van der Waals surface area contributed by atoms with Crippen LogP contribution < -0.4 is 9.47 Å². The SMILES string of the molecule is CCOC(=O)CC(=O)N1CCSC1COc1ccc(OC)cc1. The Hall–Kier alpha value is -1.89. The van der Waals surface area contributed by atoms with Crippen molar-refractivity contribution >= 4 is 23.6 Å². The normalized spacial score (nSPS) is 17.0. The van der Waals surface area contributed by atoms with Crippen molar-refractivity contribution < 1.29 is 23.8 Å². The number of carbonyl (C=O) groups is 2. The van der Waals surface area contributed by atoms with Gasteiger partial charge in [0, 0.05) is 12.3 Å². The molecule has 0 radical (unpaired) electrons. The largest absolute Gasteiger partial charge is 0.497 e. The number of hydrogen-bond acceptors (Lipinski definition) is 6. The molecule has 1 heterocycles. The van der Waals surface area contributed by atoms with E-state index in [0.29, 0.717) is 13.2 Å². The lowest BCUT2D eigenvalue weighted by Gasteiger charge is -2.23. The van der Waals surface area contributed by atoms with Crippen LogP contribution in [0.15, 0.2) is 24.3 Å². The van der Waals surface area contributed by atoms with Gasteiger partial charge < -0.3 is 19.1 Å². The van der Waals surface area contributed by atoms with E-state index in [1.54, 1.807) is 30.7 Å². The van der Waals surface area contributed by atoms with E-state index in [1.165, 1.54) is 0 Å². The fourth-order valence-electron chi connectivity index (χ4n) is 2.22. The molecule has 0 bridgehead atoms. The Morgan fingerprint density at radius 1 is 1.26 bits per heavy atom. The van der Waals surface area contributed by atoms with Crippen LogP contribution in [0, 0.1) is 0 Å². The van der Waals surface area contributed by atoms with Crippen molar-refractivity contribution in [1.82, 2.24) is 4.90 Å². The van der Waals surface area contributed by atoms with Crippen molar-refractivity contribution in [2.24, 2.45) is 0 Å². The molecule has 1 aromatic rings. The van der Waals surface area contributed by atoms with E-state index in [-0.39, 0.29) is 24.3 Å². The molecule has 6 nitrogen and oxygen atoms in total. The van der Waals surface area contributed by atoms with Gasteiger partial charge in [-0.25, -0.2) is 0 Å². The number of nitrogens with zero attached hydrogens (tertiary/aromatic N) is 1. The molecule has 126 valence electrons. The topological polar surface area (TPSA) is 65.1 Å². The number of hydrogen-bond donors (Lipinski definition) is 0. The molecule has 1 amide bonds. The Balaban J connectivity index is 1.85. The minimum Gasteiger partial charge on any atom is -0.497 e. The summed E-state index contributed by atoms with van der Waals surface area (Å²) in [7, 11) is 1.61. The Labute approximate surface area is 140 Å². The summed E-state index contributed by atoms with van der Waals surface area (Å²) in [6, 6.07) is 7.29. The Morgan fingerprint density at radius 2 is 1.96 bits per heavy atom. The Morgan fingerprint density at radius 3 is 2.61 bits per heavy atom. The number of thioether (sulfide) groups is 1. The van der Waals surface area contributed by atoms with Crippen LogP contribution in [0.4, 0.5) is 0 Å². The second-order valence-electron chi connectivity index (χ2n) is 4.88. The minimum atomic E-state index is -0.482. The van der Waals surface area contributed by atoms with Crippen LogP contribution in [0.3, 0.4) is 0 Å². The predicted octanol–water partition coefficient (Wildman–Crippen LogP) is 1.93. The first-order valence-electron chi connectivity index (χ1n) is 7.47. The molecule has 1 aliphatic rings. The molecule has 23 heavy (non-hydrogen) atoms. The van der Waals surface area contributed by atoms with Crippen molar-refractivity contribution in [3.05, 3.63) is 24.3 Å². The van der Waals surface area contributed by atoms with Crippen LogP contribution >= 0.6 is 11.8 Å². The van der Waals surface area contributed by atoms with Crippen LogP contribution in [0.5, 0.6) is 11.5 Å². The summed E-state index contributed by atoms with van der Waals surface area (Å²) in [6.07, 6.45) is -0.215. The van der Waals surface area contributed by atoms with Crippen LogP contribution in [-0.2, 0) is 14.3 Å². The van der Waals surface area contributed by atoms with Gasteiger partial charge in [-0.05, 0) is 31.2 Å². The smallest absolute Gasteiger partial charge is 0.315 e. The van der Waals surface area contributed by atoms with Crippen molar-refractivity contribution in [2.45, 2.75) is 18.7 Å². The summed E-state index contributed by atoms with van der Waals surface area (Å²) in [6.45, 7) is 3.01. The van der Waals surface area contributed by atoms with Gasteiger partial charge in [-0.3, -0.25) is 9.59 Å². The van der Waals surface area contributed by atoms with Gasteiger partial charge in [-0.2, -0.15) is 0 Å². The van der Waals surface area contributed by atoms with Crippen molar-refractivity contribution in [2.75, 3.05) is 32.6 Å². The molecule has 1 aliphatic heterocycles. The molecule has 0 N–H and O–H groups in total. The highest BCUT2D eigenvalue weighted by Gasteiger charge is 2.31. The third-order valence-corrected chi connectivity index (χ3v) is 4.56. The average molecular weight is 339 g/mol.